The van der Waals surface area contributed by atoms with Crippen LogP contribution in [0.25, 0.3) is 0 Å². The van der Waals surface area contributed by atoms with E-state index in [0.29, 0.717) is 17.9 Å². The van der Waals surface area contributed by atoms with Crippen LogP contribution in [0.4, 0.5) is 0 Å². The topological polar surface area (TPSA) is 49.8 Å². The van der Waals surface area contributed by atoms with Crippen LogP contribution in [0.5, 0.6) is 5.75 Å². The van der Waals surface area contributed by atoms with E-state index in [1.54, 1.807) is 13.0 Å². The van der Waals surface area contributed by atoms with Crippen LogP contribution in [0.1, 0.15) is 36.5 Å². The van der Waals surface area contributed by atoms with Gasteiger partial charge in [-0.1, -0.05) is 18.6 Å². The molecule has 0 bridgehead atoms. The standard InChI is InChI=1S/C16H23NO3/c1-13(19)15-7-2-3-8-16(15)20-11-10-17-9-5-4-6-14(17)12-18/h2-3,7-8,14,18H,4-6,9-12H2,1H3. The van der Waals surface area contributed by atoms with Gasteiger partial charge in [-0.3, -0.25) is 9.69 Å². The van der Waals surface area contributed by atoms with Crippen molar-refractivity contribution in [3.05, 3.63) is 29.8 Å². The monoisotopic (exact) mass is 277 g/mol. The molecule has 0 aromatic heterocycles. The van der Waals surface area contributed by atoms with E-state index < -0.39 is 0 Å². The number of carbonyl (C=O) groups is 1. The molecule has 0 spiro atoms. The molecule has 1 aliphatic rings. The summed E-state index contributed by atoms with van der Waals surface area (Å²) in [6, 6.07) is 7.59. The van der Waals surface area contributed by atoms with Gasteiger partial charge in [0.2, 0.25) is 0 Å². The molecule has 4 nitrogen and oxygen atoms in total. The van der Waals surface area contributed by atoms with Crippen molar-refractivity contribution >= 4 is 5.78 Å². The van der Waals surface area contributed by atoms with Crippen LogP contribution >= 0.6 is 0 Å². The van der Waals surface area contributed by atoms with Gasteiger partial charge in [0, 0.05) is 12.6 Å². The average Bonchev–Trinajstić information content (AvgIpc) is 2.48. The predicted octanol–water partition coefficient (Wildman–Crippen LogP) is 2.11. The number of rotatable bonds is 6. The minimum atomic E-state index is 0.0202. The SMILES string of the molecule is CC(=O)c1ccccc1OCCN1CCCCC1CO. The quantitative estimate of drug-likeness (QED) is 0.809. The average molecular weight is 277 g/mol. The molecule has 0 radical (unpaired) electrons. The summed E-state index contributed by atoms with van der Waals surface area (Å²) in [5, 5.41) is 9.37. The normalized spacial score (nSPS) is 19.8. The molecule has 20 heavy (non-hydrogen) atoms. The van der Waals surface area contributed by atoms with E-state index in [4.69, 9.17) is 4.74 Å². The van der Waals surface area contributed by atoms with Crippen LogP contribution < -0.4 is 4.74 Å². The third kappa shape index (κ3) is 3.81. The van der Waals surface area contributed by atoms with E-state index in [1.807, 2.05) is 18.2 Å². The number of ketones is 1. The number of para-hydroxylation sites is 1. The van der Waals surface area contributed by atoms with Gasteiger partial charge in [-0.05, 0) is 38.4 Å². The van der Waals surface area contributed by atoms with Crippen molar-refractivity contribution in [3.63, 3.8) is 0 Å². The fourth-order valence-electron chi connectivity index (χ4n) is 2.72. The summed E-state index contributed by atoms with van der Waals surface area (Å²) in [7, 11) is 0. The molecule has 1 aromatic rings. The highest BCUT2D eigenvalue weighted by molar-refractivity contribution is 5.96. The number of piperidine rings is 1. The number of aliphatic hydroxyl groups excluding tert-OH is 1. The van der Waals surface area contributed by atoms with Crippen LogP contribution in [0.3, 0.4) is 0 Å². The second-order valence-corrected chi connectivity index (χ2v) is 5.27. The molecule has 110 valence electrons. The Labute approximate surface area is 120 Å². The molecule has 0 saturated carbocycles. The van der Waals surface area contributed by atoms with Gasteiger partial charge in [-0.25, -0.2) is 0 Å². The zero-order valence-electron chi connectivity index (χ0n) is 12.0. The van der Waals surface area contributed by atoms with Gasteiger partial charge in [0.25, 0.3) is 0 Å². The van der Waals surface area contributed by atoms with Crippen molar-refractivity contribution < 1.29 is 14.6 Å². The maximum atomic E-state index is 11.5. The summed E-state index contributed by atoms with van der Waals surface area (Å²) in [6.45, 7) is 4.11. The van der Waals surface area contributed by atoms with Gasteiger partial charge < -0.3 is 9.84 Å². The first-order chi connectivity index (χ1) is 9.72. The van der Waals surface area contributed by atoms with Crippen LogP contribution in [0, 0.1) is 0 Å². The molecule has 1 saturated heterocycles. The van der Waals surface area contributed by atoms with Crippen molar-refractivity contribution in [1.29, 1.82) is 0 Å². The summed E-state index contributed by atoms with van der Waals surface area (Å²) in [4.78, 5) is 13.8. The number of aliphatic hydroxyl groups is 1. The summed E-state index contributed by atoms with van der Waals surface area (Å²) < 4.78 is 5.75. The van der Waals surface area contributed by atoms with E-state index >= 15 is 0 Å². The largest absolute Gasteiger partial charge is 0.491 e. The number of nitrogens with zero attached hydrogens (tertiary/aromatic N) is 1. The first kappa shape index (κ1) is 15.0. The lowest BCUT2D eigenvalue weighted by atomic mass is 10.0. The number of carbonyl (C=O) groups excluding carboxylic acids is 1. The van der Waals surface area contributed by atoms with Gasteiger partial charge in [0.05, 0.1) is 12.2 Å². The van der Waals surface area contributed by atoms with Crippen molar-refractivity contribution in [2.24, 2.45) is 0 Å². The molecule has 1 unspecified atom stereocenters. The number of hydrogen-bond acceptors (Lipinski definition) is 4. The Morgan fingerprint density at radius 2 is 2.20 bits per heavy atom. The van der Waals surface area contributed by atoms with Gasteiger partial charge in [-0.15, -0.1) is 0 Å². The van der Waals surface area contributed by atoms with Gasteiger partial charge >= 0.3 is 0 Å². The second-order valence-electron chi connectivity index (χ2n) is 5.27. The Bertz CT molecular complexity index is 447. The highest BCUT2D eigenvalue weighted by Crippen LogP contribution is 2.19. The van der Waals surface area contributed by atoms with Gasteiger partial charge in [0.15, 0.2) is 5.78 Å². The Kier molecular flexibility index (Phi) is 5.56. The first-order valence-electron chi connectivity index (χ1n) is 7.30. The zero-order valence-corrected chi connectivity index (χ0v) is 12.0. The molecule has 1 atom stereocenters. The Morgan fingerprint density at radius 3 is 2.95 bits per heavy atom. The van der Waals surface area contributed by atoms with Crippen LogP contribution in [-0.4, -0.2) is 48.1 Å². The number of benzene rings is 1. The number of hydrogen-bond donors (Lipinski definition) is 1. The molecule has 0 aliphatic carbocycles. The Morgan fingerprint density at radius 1 is 1.40 bits per heavy atom. The van der Waals surface area contributed by atoms with Crippen LogP contribution in [-0.2, 0) is 0 Å². The summed E-state index contributed by atoms with van der Waals surface area (Å²) in [5.74, 6) is 0.671. The van der Waals surface area contributed by atoms with Crippen LogP contribution in [0.2, 0.25) is 0 Å². The van der Waals surface area contributed by atoms with E-state index in [9.17, 15) is 9.90 Å². The molecule has 0 amide bonds. The predicted molar refractivity (Wildman–Crippen MR) is 78.2 cm³/mol. The number of Topliss-reactive ketones (excluding diaryl/α,β-unsaturated/α-hetero) is 1. The van der Waals surface area contributed by atoms with Crippen LogP contribution in [0.15, 0.2) is 24.3 Å². The smallest absolute Gasteiger partial charge is 0.163 e. The molecule has 4 heteroatoms. The molecule has 1 aliphatic heterocycles. The second kappa shape index (κ2) is 7.41. The highest BCUT2D eigenvalue weighted by Gasteiger charge is 2.21. The number of ether oxygens (including phenoxy) is 1. The molecular weight excluding hydrogens is 254 g/mol. The lowest BCUT2D eigenvalue weighted by molar-refractivity contribution is 0.0770. The molecular formula is C16H23NO3. The maximum Gasteiger partial charge on any atom is 0.163 e. The Hall–Kier alpha value is -1.39. The zero-order chi connectivity index (χ0) is 14.4. The highest BCUT2D eigenvalue weighted by atomic mass is 16.5. The molecule has 1 aromatic carbocycles. The molecule has 2 rings (SSSR count). The third-order valence-corrected chi connectivity index (χ3v) is 3.86. The maximum absolute atomic E-state index is 11.5. The minimum Gasteiger partial charge on any atom is -0.491 e. The Balaban J connectivity index is 1.88. The lowest BCUT2D eigenvalue weighted by Gasteiger charge is -2.34. The fraction of sp³-hybridized carbons (Fsp3) is 0.562. The van der Waals surface area contributed by atoms with Crippen molar-refractivity contribution in [2.45, 2.75) is 32.2 Å². The summed E-state index contributed by atoms with van der Waals surface area (Å²) >= 11 is 0. The van der Waals surface area contributed by atoms with E-state index in [-0.39, 0.29) is 18.4 Å². The minimum absolute atomic E-state index is 0.0202. The van der Waals surface area contributed by atoms with Crippen molar-refractivity contribution in [3.8, 4) is 5.75 Å². The summed E-state index contributed by atoms with van der Waals surface area (Å²) in [6.07, 6.45) is 3.43. The van der Waals surface area contributed by atoms with Crippen molar-refractivity contribution in [2.75, 3.05) is 26.3 Å². The van der Waals surface area contributed by atoms with Crippen molar-refractivity contribution in [1.82, 2.24) is 4.90 Å². The molecule has 1 heterocycles. The van der Waals surface area contributed by atoms with E-state index in [2.05, 4.69) is 4.90 Å². The summed E-state index contributed by atoms with van der Waals surface area (Å²) in [5.41, 5.74) is 0.629. The van der Waals surface area contributed by atoms with Gasteiger partial charge in [-0.2, -0.15) is 0 Å². The molecule has 1 fully saturated rings. The van der Waals surface area contributed by atoms with E-state index in [1.165, 1.54) is 12.8 Å². The fourth-order valence-corrected chi connectivity index (χ4v) is 2.72. The number of likely N-dealkylation sites (tertiary alicyclic amines) is 1. The van der Waals surface area contributed by atoms with E-state index in [0.717, 1.165) is 19.5 Å². The first-order valence-corrected chi connectivity index (χ1v) is 7.30. The third-order valence-electron chi connectivity index (χ3n) is 3.86. The molecule has 1 N–H and O–H groups in total. The lowest BCUT2D eigenvalue weighted by Crippen LogP contribution is -2.43. The van der Waals surface area contributed by atoms with Gasteiger partial charge in [0.1, 0.15) is 12.4 Å².